The van der Waals surface area contributed by atoms with Crippen molar-refractivity contribution in [1.29, 1.82) is 0 Å². The van der Waals surface area contributed by atoms with Crippen molar-refractivity contribution in [3.05, 3.63) is 29.8 Å². The largest absolute Gasteiger partial charge is 0.446 e. The maximum absolute atomic E-state index is 10.9. The van der Waals surface area contributed by atoms with Crippen LogP contribution in [0.3, 0.4) is 0 Å². The molecule has 27 heavy (non-hydrogen) atoms. The molecule has 4 heteroatoms. The second-order valence-electron chi connectivity index (χ2n) is 9.46. The van der Waals surface area contributed by atoms with Gasteiger partial charge in [0.05, 0.1) is 0 Å². The summed E-state index contributed by atoms with van der Waals surface area (Å²) in [5.74, 6) is 1.16. The molecule has 1 amide bonds. The van der Waals surface area contributed by atoms with Gasteiger partial charge in [0.2, 0.25) is 0 Å². The minimum absolute atomic E-state index is 0.0804. The van der Waals surface area contributed by atoms with Gasteiger partial charge in [0, 0.05) is 11.7 Å². The van der Waals surface area contributed by atoms with Crippen molar-refractivity contribution >= 4 is 11.8 Å². The van der Waals surface area contributed by atoms with Crippen LogP contribution in [0.15, 0.2) is 24.3 Å². The van der Waals surface area contributed by atoms with Crippen LogP contribution in [0.4, 0.5) is 10.5 Å². The number of hydrogen-bond donors (Lipinski definition) is 2. The van der Waals surface area contributed by atoms with Crippen LogP contribution < -0.4 is 11.1 Å². The number of rotatable bonds is 5. The highest BCUT2D eigenvalue weighted by Gasteiger charge is 2.28. The molecule has 3 rings (SSSR count). The van der Waals surface area contributed by atoms with Crippen LogP contribution in [-0.2, 0) is 4.74 Å². The average molecular weight is 373 g/mol. The lowest BCUT2D eigenvalue weighted by Gasteiger charge is -2.34. The molecule has 0 bridgehead atoms. The molecule has 1 aromatic rings. The zero-order valence-electron chi connectivity index (χ0n) is 17.2. The number of carbonyl (C=O) groups excluding carboxylic acids is 1. The number of ether oxygens (including phenoxy) is 1. The summed E-state index contributed by atoms with van der Waals surface area (Å²) in [7, 11) is 0. The van der Waals surface area contributed by atoms with E-state index in [4.69, 9.17) is 10.5 Å². The van der Waals surface area contributed by atoms with Crippen LogP contribution >= 0.6 is 0 Å². The number of nitrogens with one attached hydrogen (secondary N) is 1. The molecule has 2 fully saturated rings. The summed E-state index contributed by atoms with van der Waals surface area (Å²) < 4.78 is 5.15. The first-order chi connectivity index (χ1) is 12.8. The van der Waals surface area contributed by atoms with E-state index in [0.29, 0.717) is 17.4 Å². The van der Waals surface area contributed by atoms with Gasteiger partial charge >= 0.3 is 6.09 Å². The normalized spacial score (nSPS) is 26.9. The minimum Gasteiger partial charge on any atom is -0.446 e. The Kier molecular flexibility index (Phi) is 6.33. The van der Waals surface area contributed by atoms with Gasteiger partial charge in [0.1, 0.15) is 6.10 Å². The number of benzene rings is 1. The summed E-state index contributed by atoms with van der Waals surface area (Å²) in [6.07, 6.45) is 8.91. The molecule has 0 spiro atoms. The zero-order valence-corrected chi connectivity index (χ0v) is 17.2. The highest BCUT2D eigenvalue weighted by atomic mass is 16.6. The Hall–Kier alpha value is -1.71. The fourth-order valence-corrected chi connectivity index (χ4v) is 4.83. The third kappa shape index (κ3) is 5.63. The Morgan fingerprint density at radius 1 is 1.07 bits per heavy atom. The first-order valence-electron chi connectivity index (χ1n) is 10.6. The molecule has 2 saturated carbocycles. The summed E-state index contributed by atoms with van der Waals surface area (Å²) >= 11 is 0. The number of hydrogen-bond acceptors (Lipinski definition) is 3. The molecular weight excluding hydrogens is 336 g/mol. The van der Waals surface area contributed by atoms with Crippen molar-refractivity contribution < 1.29 is 9.53 Å². The zero-order chi connectivity index (χ0) is 19.4. The SMILES string of the molecule is CC(OC(N)=O)C1CCC(Nc2ccc(C3CCC(C)(C)CC3)cc2)CC1. The van der Waals surface area contributed by atoms with Crippen LogP contribution in [-0.4, -0.2) is 18.2 Å². The van der Waals surface area contributed by atoms with E-state index < -0.39 is 6.09 Å². The molecule has 3 N–H and O–H groups in total. The average Bonchev–Trinajstić information content (AvgIpc) is 2.62. The van der Waals surface area contributed by atoms with E-state index >= 15 is 0 Å². The van der Waals surface area contributed by atoms with Gasteiger partial charge in [-0.15, -0.1) is 0 Å². The lowest BCUT2D eigenvalue weighted by atomic mass is 9.71. The van der Waals surface area contributed by atoms with Crippen molar-refractivity contribution in [3.8, 4) is 0 Å². The van der Waals surface area contributed by atoms with Gasteiger partial charge in [-0.1, -0.05) is 26.0 Å². The molecule has 150 valence electrons. The van der Waals surface area contributed by atoms with Crippen molar-refractivity contribution in [2.75, 3.05) is 5.32 Å². The van der Waals surface area contributed by atoms with Gasteiger partial charge in [-0.05, 0) is 93.2 Å². The number of primary amides is 1. The van der Waals surface area contributed by atoms with E-state index in [0.717, 1.165) is 31.6 Å². The van der Waals surface area contributed by atoms with Crippen molar-refractivity contribution in [1.82, 2.24) is 0 Å². The fourth-order valence-electron chi connectivity index (χ4n) is 4.83. The molecule has 0 heterocycles. The lowest BCUT2D eigenvalue weighted by Crippen LogP contribution is -2.33. The van der Waals surface area contributed by atoms with Gasteiger partial charge in [0.25, 0.3) is 0 Å². The Morgan fingerprint density at radius 3 is 2.22 bits per heavy atom. The summed E-state index contributed by atoms with van der Waals surface area (Å²) in [4.78, 5) is 10.9. The number of nitrogens with two attached hydrogens (primary N) is 1. The standard InChI is InChI=1S/C23H36N2O2/c1-16(27-22(24)26)17-4-8-20(9-5-17)25-21-10-6-18(7-11-21)19-12-14-23(2,3)15-13-19/h6-7,10-11,16-17,19-20,25H,4-5,8-9,12-15H2,1-3H3,(H2,24,26). The summed E-state index contributed by atoms with van der Waals surface area (Å²) in [5.41, 5.74) is 8.38. The van der Waals surface area contributed by atoms with Crippen LogP contribution in [0, 0.1) is 11.3 Å². The van der Waals surface area contributed by atoms with Gasteiger partial charge in [-0.3, -0.25) is 0 Å². The third-order valence-electron chi connectivity index (χ3n) is 6.83. The molecular formula is C23H36N2O2. The molecule has 0 aromatic heterocycles. The monoisotopic (exact) mass is 372 g/mol. The maximum Gasteiger partial charge on any atom is 0.404 e. The number of amides is 1. The predicted molar refractivity (Wildman–Crippen MR) is 111 cm³/mol. The van der Waals surface area contributed by atoms with Gasteiger partial charge in [-0.25, -0.2) is 4.79 Å². The van der Waals surface area contributed by atoms with Crippen LogP contribution in [0.2, 0.25) is 0 Å². The summed E-state index contributed by atoms with van der Waals surface area (Å²) in [5, 5.41) is 3.69. The fraction of sp³-hybridized carbons (Fsp3) is 0.696. The van der Waals surface area contributed by atoms with E-state index in [1.54, 1.807) is 0 Å². The number of carbonyl (C=O) groups is 1. The van der Waals surface area contributed by atoms with E-state index in [1.807, 2.05) is 6.92 Å². The molecule has 1 aromatic carbocycles. The van der Waals surface area contributed by atoms with Gasteiger partial charge in [-0.2, -0.15) is 0 Å². The van der Waals surface area contributed by atoms with Crippen LogP contribution in [0.1, 0.15) is 83.6 Å². The molecule has 0 aliphatic heterocycles. The summed E-state index contributed by atoms with van der Waals surface area (Å²) in [6, 6.07) is 9.64. The van der Waals surface area contributed by atoms with Crippen molar-refractivity contribution in [3.63, 3.8) is 0 Å². The van der Waals surface area contributed by atoms with Gasteiger partial charge < -0.3 is 15.8 Å². The Bertz CT molecular complexity index is 608. The Labute approximate surface area is 164 Å². The van der Waals surface area contributed by atoms with Crippen molar-refractivity contribution in [2.45, 2.75) is 90.2 Å². The second-order valence-corrected chi connectivity index (χ2v) is 9.46. The first kappa shape index (κ1) is 20.0. The molecule has 2 aliphatic rings. The minimum atomic E-state index is -0.663. The molecule has 4 nitrogen and oxygen atoms in total. The van der Waals surface area contributed by atoms with Gasteiger partial charge in [0.15, 0.2) is 0 Å². The Balaban J connectivity index is 1.46. The third-order valence-corrected chi connectivity index (χ3v) is 6.83. The lowest BCUT2D eigenvalue weighted by molar-refractivity contribution is 0.0647. The quantitative estimate of drug-likeness (QED) is 0.684. The Morgan fingerprint density at radius 2 is 1.67 bits per heavy atom. The molecule has 0 radical (unpaired) electrons. The van der Waals surface area contributed by atoms with E-state index in [2.05, 4.69) is 43.4 Å². The second kappa shape index (κ2) is 8.53. The van der Waals surface area contributed by atoms with Crippen LogP contribution in [0.5, 0.6) is 0 Å². The van der Waals surface area contributed by atoms with E-state index in [9.17, 15) is 4.79 Å². The van der Waals surface area contributed by atoms with Crippen molar-refractivity contribution in [2.24, 2.45) is 17.1 Å². The molecule has 1 atom stereocenters. The number of anilines is 1. The van der Waals surface area contributed by atoms with E-state index in [-0.39, 0.29) is 6.10 Å². The maximum atomic E-state index is 10.9. The highest BCUT2D eigenvalue weighted by Crippen LogP contribution is 2.42. The van der Waals surface area contributed by atoms with Crippen LogP contribution in [0.25, 0.3) is 0 Å². The predicted octanol–water partition coefficient (Wildman–Crippen LogP) is 5.82. The first-order valence-corrected chi connectivity index (χ1v) is 10.6. The topological polar surface area (TPSA) is 64.3 Å². The molecule has 1 unspecified atom stereocenters. The highest BCUT2D eigenvalue weighted by molar-refractivity contribution is 5.64. The molecule has 0 saturated heterocycles. The summed E-state index contributed by atoms with van der Waals surface area (Å²) in [6.45, 7) is 6.74. The smallest absolute Gasteiger partial charge is 0.404 e. The molecule has 2 aliphatic carbocycles. The van der Waals surface area contributed by atoms with E-state index in [1.165, 1.54) is 36.9 Å².